The van der Waals surface area contributed by atoms with E-state index in [2.05, 4.69) is 40.3 Å². The highest BCUT2D eigenvalue weighted by Crippen LogP contribution is 2.32. The van der Waals surface area contributed by atoms with Gasteiger partial charge in [-0.1, -0.05) is 15.9 Å². The molecule has 0 radical (unpaired) electrons. The Hall–Kier alpha value is -0.710. The first-order valence-electron chi connectivity index (χ1n) is 5.30. The molecule has 0 aliphatic heterocycles. The summed E-state index contributed by atoms with van der Waals surface area (Å²) in [6.45, 7) is 2.07. The summed E-state index contributed by atoms with van der Waals surface area (Å²) in [6, 6.07) is 8.96. The van der Waals surface area contributed by atoms with Gasteiger partial charge in [-0.2, -0.15) is 0 Å². The second-order valence-electron chi connectivity index (χ2n) is 3.84. The van der Waals surface area contributed by atoms with E-state index >= 15 is 0 Å². The fourth-order valence-corrected chi connectivity index (χ4v) is 3.28. The molecule has 1 aromatic carbocycles. The second kappa shape index (κ2) is 5.29. The highest BCUT2D eigenvalue weighted by Gasteiger charge is 2.17. The third-order valence-corrected chi connectivity index (χ3v) is 4.39. The van der Waals surface area contributed by atoms with Crippen LogP contribution in [-0.2, 0) is 0 Å². The van der Waals surface area contributed by atoms with E-state index < -0.39 is 0 Å². The summed E-state index contributed by atoms with van der Waals surface area (Å²) in [5.74, 6) is -0.211. The van der Waals surface area contributed by atoms with Crippen molar-refractivity contribution in [1.82, 2.24) is 5.32 Å². The summed E-state index contributed by atoms with van der Waals surface area (Å²) in [5, 5.41) is 3.23. The molecule has 1 nitrogen and oxygen atoms in total. The van der Waals surface area contributed by atoms with Crippen LogP contribution in [0.15, 0.2) is 34.8 Å². The zero-order chi connectivity index (χ0) is 12.4. The molecule has 1 heterocycles. The van der Waals surface area contributed by atoms with Crippen LogP contribution >= 0.6 is 27.3 Å². The van der Waals surface area contributed by atoms with Gasteiger partial charge in [0.25, 0.3) is 0 Å². The maximum absolute atomic E-state index is 13.3. The average molecular weight is 314 g/mol. The minimum absolute atomic E-state index is 0.0266. The van der Waals surface area contributed by atoms with Gasteiger partial charge < -0.3 is 5.32 Å². The molecule has 0 bridgehead atoms. The summed E-state index contributed by atoms with van der Waals surface area (Å²) in [6.07, 6.45) is 0. The summed E-state index contributed by atoms with van der Waals surface area (Å²) in [7, 11) is 1.89. The van der Waals surface area contributed by atoms with Gasteiger partial charge in [-0.3, -0.25) is 0 Å². The molecule has 4 heteroatoms. The van der Waals surface area contributed by atoms with Gasteiger partial charge in [-0.25, -0.2) is 4.39 Å². The molecule has 0 saturated heterocycles. The Balaban J connectivity index is 2.45. The molecule has 17 heavy (non-hydrogen) atoms. The molecule has 2 rings (SSSR count). The lowest BCUT2D eigenvalue weighted by Crippen LogP contribution is -2.17. The third kappa shape index (κ3) is 2.76. The van der Waals surface area contributed by atoms with Crippen molar-refractivity contribution in [2.45, 2.75) is 13.0 Å². The van der Waals surface area contributed by atoms with Gasteiger partial charge >= 0.3 is 0 Å². The molecule has 2 aromatic rings. The minimum atomic E-state index is -0.211. The van der Waals surface area contributed by atoms with Gasteiger partial charge in [0, 0.05) is 14.2 Å². The average Bonchev–Trinajstić information content (AvgIpc) is 2.71. The fraction of sp³-hybridized carbons (Fsp3) is 0.231. The van der Waals surface area contributed by atoms with E-state index in [1.807, 2.05) is 7.05 Å². The van der Waals surface area contributed by atoms with Crippen molar-refractivity contribution in [1.29, 1.82) is 0 Å². The maximum Gasteiger partial charge on any atom is 0.123 e. The van der Waals surface area contributed by atoms with Gasteiger partial charge in [0.1, 0.15) is 5.82 Å². The number of rotatable bonds is 3. The van der Waals surface area contributed by atoms with Gasteiger partial charge in [-0.15, -0.1) is 11.3 Å². The van der Waals surface area contributed by atoms with Gasteiger partial charge in [0.05, 0.1) is 6.04 Å². The van der Waals surface area contributed by atoms with Crippen LogP contribution in [0, 0.1) is 12.7 Å². The molecule has 90 valence electrons. The topological polar surface area (TPSA) is 12.0 Å². The zero-order valence-corrected chi connectivity index (χ0v) is 12.0. The van der Waals surface area contributed by atoms with E-state index in [0.29, 0.717) is 0 Å². The van der Waals surface area contributed by atoms with Crippen molar-refractivity contribution >= 4 is 27.3 Å². The Kier molecular flexibility index (Phi) is 3.97. The van der Waals surface area contributed by atoms with Gasteiger partial charge in [0.2, 0.25) is 0 Å². The number of halogens is 2. The first-order chi connectivity index (χ1) is 8.11. The molecule has 0 spiro atoms. The number of hydrogen-bond donors (Lipinski definition) is 1. The lowest BCUT2D eigenvalue weighted by molar-refractivity contribution is 0.617. The van der Waals surface area contributed by atoms with Crippen LogP contribution in [0.4, 0.5) is 4.39 Å². The van der Waals surface area contributed by atoms with Crippen molar-refractivity contribution in [2.24, 2.45) is 0 Å². The van der Waals surface area contributed by atoms with Crippen LogP contribution < -0.4 is 5.32 Å². The number of benzene rings is 1. The molecular weight excluding hydrogens is 301 g/mol. The molecule has 0 amide bonds. The van der Waals surface area contributed by atoms with E-state index in [0.717, 1.165) is 10.0 Å². The van der Waals surface area contributed by atoms with E-state index in [4.69, 9.17) is 0 Å². The highest BCUT2D eigenvalue weighted by atomic mass is 79.9. The molecular formula is C13H13BrFNS. The van der Waals surface area contributed by atoms with Crippen LogP contribution in [0.3, 0.4) is 0 Å². The summed E-state index contributed by atoms with van der Waals surface area (Å²) in [4.78, 5) is 2.45. The van der Waals surface area contributed by atoms with E-state index in [1.54, 1.807) is 23.5 Å². The van der Waals surface area contributed by atoms with Crippen LogP contribution in [0.5, 0.6) is 0 Å². The number of nitrogens with one attached hydrogen (secondary N) is 1. The van der Waals surface area contributed by atoms with Crippen molar-refractivity contribution in [2.75, 3.05) is 7.05 Å². The molecule has 0 aliphatic rings. The first-order valence-corrected chi connectivity index (χ1v) is 6.91. The molecule has 0 aliphatic carbocycles. The molecule has 1 N–H and O–H groups in total. The standard InChI is InChI=1S/C13H13BrFNS/c1-8-3-6-12(17-8)13(16-2)10-7-9(15)4-5-11(10)14/h3-7,13,16H,1-2H3. The Morgan fingerprint density at radius 1 is 1.29 bits per heavy atom. The molecule has 0 fully saturated rings. The Labute approximate surface area is 113 Å². The van der Waals surface area contributed by atoms with Crippen LogP contribution in [-0.4, -0.2) is 7.05 Å². The number of thiophene rings is 1. The van der Waals surface area contributed by atoms with Gasteiger partial charge in [-0.05, 0) is 49.9 Å². The van der Waals surface area contributed by atoms with Crippen molar-refractivity contribution in [3.05, 3.63) is 55.9 Å². The third-order valence-electron chi connectivity index (χ3n) is 2.60. The second-order valence-corrected chi connectivity index (χ2v) is 6.01. The Morgan fingerprint density at radius 3 is 2.65 bits per heavy atom. The predicted octanol–water partition coefficient (Wildman–Crippen LogP) is 4.27. The highest BCUT2D eigenvalue weighted by molar-refractivity contribution is 9.10. The number of aryl methyl sites for hydroxylation is 1. The summed E-state index contributed by atoms with van der Waals surface area (Å²) in [5.41, 5.74) is 0.925. The normalized spacial score (nSPS) is 12.7. The summed E-state index contributed by atoms with van der Waals surface area (Å²) >= 11 is 5.20. The minimum Gasteiger partial charge on any atom is -0.309 e. The van der Waals surface area contributed by atoms with Gasteiger partial charge in [0.15, 0.2) is 0 Å². The van der Waals surface area contributed by atoms with E-state index in [1.165, 1.54) is 15.8 Å². The van der Waals surface area contributed by atoms with E-state index in [-0.39, 0.29) is 11.9 Å². The Morgan fingerprint density at radius 2 is 2.06 bits per heavy atom. The quantitative estimate of drug-likeness (QED) is 0.892. The maximum atomic E-state index is 13.3. The molecule has 1 atom stereocenters. The Bertz CT molecular complexity index is 524. The van der Waals surface area contributed by atoms with Crippen LogP contribution in [0.1, 0.15) is 21.4 Å². The molecule has 1 unspecified atom stereocenters. The first kappa shape index (κ1) is 12.7. The van der Waals surface area contributed by atoms with E-state index in [9.17, 15) is 4.39 Å². The monoisotopic (exact) mass is 313 g/mol. The van der Waals surface area contributed by atoms with Crippen molar-refractivity contribution < 1.29 is 4.39 Å². The fourth-order valence-electron chi connectivity index (χ4n) is 1.80. The largest absolute Gasteiger partial charge is 0.309 e. The lowest BCUT2D eigenvalue weighted by Gasteiger charge is -2.16. The molecule has 0 saturated carbocycles. The zero-order valence-electron chi connectivity index (χ0n) is 9.63. The number of hydrogen-bond acceptors (Lipinski definition) is 2. The SMILES string of the molecule is CNC(c1ccc(C)s1)c1cc(F)ccc1Br. The predicted molar refractivity (Wildman–Crippen MR) is 74.1 cm³/mol. The van der Waals surface area contributed by atoms with Crippen LogP contribution in [0.25, 0.3) is 0 Å². The smallest absolute Gasteiger partial charge is 0.123 e. The van der Waals surface area contributed by atoms with Crippen molar-refractivity contribution in [3.8, 4) is 0 Å². The summed E-state index contributed by atoms with van der Waals surface area (Å²) < 4.78 is 14.2. The van der Waals surface area contributed by atoms with Crippen LogP contribution in [0.2, 0.25) is 0 Å². The lowest BCUT2D eigenvalue weighted by atomic mass is 10.1. The van der Waals surface area contributed by atoms with Crippen molar-refractivity contribution in [3.63, 3.8) is 0 Å². The molecule has 1 aromatic heterocycles.